The fourth-order valence-corrected chi connectivity index (χ4v) is 2.33. The average molecular weight is 387 g/mol. The van der Waals surface area contributed by atoms with Crippen LogP contribution in [-0.4, -0.2) is 35.4 Å². The molecule has 0 aromatic heterocycles. The first kappa shape index (κ1) is 20.7. The highest BCUT2D eigenvalue weighted by Crippen LogP contribution is 2.36. The minimum Gasteiger partial charge on any atom is -0.500 e. The zero-order valence-corrected chi connectivity index (χ0v) is 15.8. The quantitative estimate of drug-likeness (QED) is 0.408. The molecule has 1 amide bonds. The highest BCUT2D eigenvalue weighted by Gasteiger charge is 2.19. The topological polar surface area (TPSA) is 123 Å². The molecular weight excluding hydrogens is 366 g/mol. The molecule has 28 heavy (non-hydrogen) atoms. The molecule has 2 N–H and O–H groups in total. The maximum absolute atomic E-state index is 11.9. The van der Waals surface area contributed by atoms with Crippen LogP contribution in [0.2, 0.25) is 0 Å². The van der Waals surface area contributed by atoms with Crippen LogP contribution in [0, 0.1) is 24.0 Å². The van der Waals surface area contributed by atoms with Crippen molar-refractivity contribution in [3.8, 4) is 17.2 Å². The van der Waals surface area contributed by atoms with E-state index in [9.17, 15) is 20.0 Å². The summed E-state index contributed by atoms with van der Waals surface area (Å²) < 4.78 is 10.7. The Morgan fingerprint density at radius 2 is 2.04 bits per heavy atom. The van der Waals surface area contributed by atoms with Crippen LogP contribution >= 0.6 is 0 Å². The summed E-state index contributed by atoms with van der Waals surface area (Å²) in [5.41, 5.74) is 4.04. The van der Waals surface area contributed by atoms with Crippen LogP contribution in [0.15, 0.2) is 35.4 Å². The van der Waals surface area contributed by atoms with Crippen molar-refractivity contribution in [2.24, 2.45) is 5.10 Å². The summed E-state index contributed by atoms with van der Waals surface area (Å²) in [5.74, 6) is -0.484. The molecule has 2 aromatic carbocycles. The number of hydrazone groups is 1. The number of rotatable bonds is 8. The Labute approximate surface area is 161 Å². The van der Waals surface area contributed by atoms with Crippen molar-refractivity contribution in [2.75, 3.05) is 13.2 Å². The molecule has 148 valence electrons. The first-order valence-electron chi connectivity index (χ1n) is 8.48. The number of phenols is 1. The van der Waals surface area contributed by atoms with Gasteiger partial charge >= 0.3 is 5.69 Å². The van der Waals surface area contributed by atoms with Gasteiger partial charge < -0.3 is 14.6 Å². The lowest BCUT2D eigenvalue weighted by atomic mass is 10.1. The molecule has 2 rings (SSSR count). The van der Waals surface area contributed by atoms with Crippen LogP contribution in [0.5, 0.6) is 17.2 Å². The average Bonchev–Trinajstić information content (AvgIpc) is 2.65. The molecule has 0 heterocycles. The van der Waals surface area contributed by atoms with E-state index < -0.39 is 22.3 Å². The second-order valence-corrected chi connectivity index (χ2v) is 5.86. The number of aromatic hydroxyl groups is 1. The molecule has 0 bridgehead atoms. The number of nitrogens with zero attached hydrogens (tertiary/aromatic N) is 2. The van der Waals surface area contributed by atoms with Crippen LogP contribution in [-0.2, 0) is 4.79 Å². The standard InChI is InChI=1S/C19H21N3O6/c1-4-27-17-9-14(8-15(19(17)24)22(25)26)10-20-21-18(23)11-28-16-7-5-6-12(2)13(16)3/h5-10,24H,4,11H2,1-3H3,(H,21,23). The summed E-state index contributed by atoms with van der Waals surface area (Å²) in [4.78, 5) is 22.2. The monoisotopic (exact) mass is 387 g/mol. The van der Waals surface area contributed by atoms with E-state index in [0.717, 1.165) is 17.2 Å². The number of nitro benzene ring substituents is 1. The van der Waals surface area contributed by atoms with Crippen LogP contribution in [0.25, 0.3) is 0 Å². The van der Waals surface area contributed by atoms with E-state index >= 15 is 0 Å². The van der Waals surface area contributed by atoms with Crippen LogP contribution in [0.3, 0.4) is 0 Å². The number of nitro groups is 1. The summed E-state index contributed by atoms with van der Waals surface area (Å²) in [6.07, 6.45) is 1.21. The lowest BCUT2D eigenvalue weighted by Gasteiger charge is -2.09. The van der Waals surface area contributed by atoms with E-state index in [0.29, 0.717) is 5.75 Å². The molecule has 0 atom stereocenters. The normalized spacial score (nSPS) is 10.7. The Balaban J connectivity index is 2.02. The third kappa shape index (κ3) is 5.19. The highest BCUT2D eigenvalue weighted by molar-refractivity contribution is 5.85. The van der Waals surface area contributed by atoms with E-state index in [1.54, 1.807) is 13.0 Å². The molecular formula is C19H21N3O6. The van der Waals surface area contributed by atoms with Crippen LogP contribution in [0.4, 0.5) is 5.69 Å². The van der Waals surface area contributed by atoms with Gasteiger partial charge in [-0.1, -0.05) is 12.1 Å². The molecule has 0 spiro atoms. The summed E-state index contributed by atoms with van der Waals surface area (Å²) in [6.45, 7) is 5.51. The van der Waals surface area contributed by atoms with Gasteiger partial charge in [-0.15, -0.1) is 0 Å². The number of benzene rings is 2. The zero-order valence-electron chi connectivity index (χ0n) is 15.8. The largest absolute Gasteiger partial charge is 0.500 e. The number of amides is 1. The molecule has 0 aliphatic rings. The van der Waals surface area contributed by atoms with Gasteiger partial charge in [0.1, 0.15) is 5.75 Å². The zero-order chi connectivity index (χ0) is 20.7. The maximum atomic E-state index is 11.9. The number of aryl methyl sites for hydroxylation is 1. The fraction of sp³-hybridized carbons (Fsp3) is 0.263. The molecule has 0 fully saturated rings. The molecule has 2 aromatic rings. The molecule has 0 saturated heterocycles. The first-order valence-corrected chi connectivity index (χ1v) is 8.48. The minimum absolute atomic E-state index is 0.0391. The van der Waals surface area contributed by atoms with E-state index in [1.807, 2.05) is 26.0 Å². The van der Waals surface area contributed by atoms with Crippen molar-refractivity contribution in [3.05, 3.63) is 57.1 Å². The molecule has 0 aliphatic heterocycles. The number of ether oxygens (including phenoxy) is 2. The van der Waals surface area contributed by atoms with Gasteiger partial charge in [-0.3, -0.25) is 14.9 Å². The number of hydrogen-bond donors (Lipinski definition) is 2. The third-order valence-corrected chi connectivity index (χ3v) is 3.89. The number of phenolic OH excluding ortho intramolecular Hbond substituents is 1. The van der Waals surface area contributed by atoms with Crippen LogP contribution < -0.4 is 14.9 Å². The van der Waals surface area contributed by atoms with Gasteiger partial charge in [0, 0.05) is 11.6 Å². The number of hydrogen-bond acceptors (Lipinski definition) is 7. The molecule has 0 aliphatic carbocycles. The maximum Gasteiger partial charge on any atom is 0.315 e. The van der Waals surface area contributed by atoms with E-state index in [1.165, 1.54) is 12.3 Å². The van der Waals surface area contributed by atoms with Gasteiger partial charge in [0.15, 0.2) is 12.4 Å². The lowest BCUT2D eigenvalue weighted by molar-refractivity contribution is -0.386. The Morgan fingerprint density at radius 1 is 1.29 bits per heavy atom. The van der Waals surface area contributed by atoms with E-state index in [2.05, 4.69) is 10.5 Å². The van der Waals surface area contributed by atoms with Gasteiger partial charge in [-0.25, -0.2) is 5.43 Å². The van der Waals surface area contributed by atoms with Crippen molar-refractivity contribution in [3.63, 3.8) is 0 Å². The lowest BCUT2D eigenvalue weighted by Crippen LogP contribution is -2.24. The van der Waals surface area contributed by atoms with Gasteiger partial charge in [0.25, 0.3) is 5.91 Å². The molecule has 9 heteroatoms. The molecule has 0 unspecified atom stereocenters. The second-order valence-electron chi connectivity index (χ2n) is 5.86. The van der Waals surface area contributed by atoms with Gasteiger partial charge in [-0.05, 0) is 44.0 Å². The van der Waals surface area contributed by atoms with Crippen molar-refractivity contribution < 1.29 is 24.3 Å². The summed E-state index contributed by atoms with van der Waals surface area (Å²) in [7, 11) is 0. The predicted octanol–water partition coefficient (Wildman–Crippen LogP) is 2.85. The Bertz CT molecular complexity index is 911. The van der Waals surface area contributed by atoms with Crippen molar-refractivity contribution in [2.45, 2.75) is 20.8 Å². The minimum atomic E-state index is -0.730. The Kier molecular flexibility index (Phi) is 6.91. The van der Waals surface area contributed by atoms with Gasteiger partial charge in [0.2, 0.25) is 5.75 Å². The Morgan fingerprint density at radius 3 is 2.71 bits per heavy atom. The SMILES string of the molecule is CCOc1cc(C=NNC(=O)COc2cccc(C)c2C)cc([N+](=O)[O-])c1O. The summed E-state index contributed by atoms with van der Waals surface area (Å²) >= 11 is 0. The number of nitrogens with one attached hydrogen (secondary N) is 1. The summed E-state index contributed by atoms with van der Waals surface area (Å²) in [5, 5.41) is 24.7. The second kappa shape index (κ2) is 9.36. The molecule has 0 saturated carbocycles. The third-order valence-electron chi connectivity index (χ3n) is 3.89. The summed E-state index contributed by atoms with van der Waals surface area (Å²) in [6, 6.07) is 8.05. The van der Waals surface area contributed by atoms with Crippen LogP contribution in [0.1, 0.15) is 23.6 Å². The number of carbonyl (C=O) groups excluding carboxylic acids is 1. The Hall–Kier alpha value is -3.62. The fourth-order valence-electron chi connectivity index (χ4n) is 2.33. The van der Waals surface area contributed by atoms with Gasteiger partial charge in [0.05, 0.1) is 17.7 Å². The van der Waals surface area contributed by atoms with Crippen molar-refractivity contribution in [1.29, 1.82) is 0 Å². The van der Waals surface area contributed by atoms with Crippen molar-refractivity contribution >= 4 is 17.8 Å². The molecule has 0 radical (unpaired) electrons. The first-order chi connectivity index (χ1) is 13.3. The smallest absolute Gasteiger partial charge is 0.315 e. The molecule has 9 nitrogen and oxygen atoms in total. The highest BCUT2D eigenvalue weighted by atomic mass is 16.6. The van der Waals surface area contributed by atoms with Gasteiger partial charge in [-0.2, -0.15) is 5.10 Å². The number of carbonyl (C=O) groups is 1. The predicted molar refractivity (Wildman–Crippen MR) is 103 cm³/mol. The van der Waals surface area contributed by atoms with E-state index in [-0.39, 0.29) is 24.5 Å². The van der Waals surface area contributed by atoms with E-state index in [4.69, 9.17) is 9.47 Å². The van der Waals surface area contributed by atoms with Crippen molar-refractivity contribution in [1.82, 2.24) is 5.43 Å².